The van der Waals surface area contributed by atoms with Gasteiger partial charge >= 0.3 is 0 Å². The Labute approximate surface area is 176 Å². The zero-order valence-electron chi connectivity index (χ0n) is 16.9. The summed E-state index contributed by atoms with van der Waals surface area (Å²) < 4.78 is 6.00. The van der Waals surface area contributed by atoms with Crippen LogP contribution in [0.4, 0.5) is 5.69 Å². The van der Waals surface area contributed by atoms with Crippen molar-refractivity contribution in [1.29, 1.82) is 5.26 Å². The Morgan fingerprint density at radius 2 is 1.63 bits per heavy atom. The number of nitrogens with zero attached hydrogens (tertiary/aromatic N) is 1. The zero-order chi connectivity index (χ0) is 21.1. The summed E-state index contributed by atoms with van der Waals surface area (Å²) in [6.45, 7) is 2.88. The van der Waals surface area contributed by atoms with Crippen molar-refractivity contribution in [1.82, 2.24) is 0 Å². The lowest BCUT2D eigenvalue weighted by Crippen LogP contribution is -2.03. The van der Waals surface area contributed by atoms with Crippen molar-refractivity contribution >= 4 is 16.5 Å². The molecule has 0 heterocycles. The second-order valence-electron chi connectivity index (χ2n) is 7.40. The Morgan fingerprint density at radius 1 is 0.900 bits per heavy atom. The van der Waals surface area contributed by atoms with Crippen LogP contribution < -0.4 is 16.2 Å². The Hall–Kier alpha value is -3.81. The van der Waals surface area contributed by atoms with Gasteiger partial charge in [-0.25, -0.2) is 0 Å². The summed E-state index contributed by atoms with van der Waals surface area (Å²) in [6, 6.07) is 26.0. The van der Waals surface area contributed by atoms with Crippen LogP contribution in [-0.4, -0.2) is 0 Å². The third kappa shape index (κ3) is 3.98. The molecule has 0 aromatic heterocycles. The minimum atomic E-state index is 0.385. The fourth-order valence-electron chi connectivity index (χ4n) is 3.67. The van der Waals surface area contributed by atoms with Crippen molar-refractivity contribution < 1.29 is 4.74 Å². The molecule has 0 fully saturated rings. The summed E-state index contributed by atoms with van der Waals surface area (Å²) in [5.74, 6) is 0.770. The SMILES string of the molecule is Cc1cc(N)cc2cc(-c3ccc(OCc4ccc(C#N)cc4)c(CN)c3)ccc12. The van der Waals surface area contributed by atoms with Crippen LogP contribution in [0.2, 0.25) is 0 Å². The van der Waals surface area contributed by atoms with Gasteiger partial charge in [-0.05, 0) is 82.4 Å². The van der Waals surface area contributed by atoms with E-state index in [1.807, 2.05) is 36.4 Å². The van der Waals surface area contributed by atoms with E-state index in [0.29, 0.717) is 18.7 Å². The highest BCUT2D eigenvalue weighted by atomic mass is 16.5. The molecule has 0 bridgehead atoms. The third-order valence-corrected chi connectivity index (χ3v) is 5.27. The average molecular weight is 393 g/mol. The molecule has 4 nitrogen and oxygen atoms in total. The molecule has 0 spiro atoms. The summed E-state index contributed by atoms with van der Waals surface area (Å²) in [5, 5.41) is 11.2. The largest absolute Gasteiger partial charge is 0.489 e. The van der Waals surface area contributed by atoms with Crippen LogP contribution in [0.3, 0.4) is 0 Å². The summed E-state index contributed by atoms with van der Waals surface area (Å²) in [4.78, 5) is 0. The molecule has 0 radical (unpaired) electrons. The molecule has 0 saturated heterocycles. The smallest absolute Gasteiger partial charge is 0.124 e. The number of nitrogens with two attached hydrogens (primary N) is 2. The number of ether oxygens (including phenoxy) is 1. The predicted molar refractivity (Wildman–Crippen MR) is 122 cm³/mol. The number of hydrogen-bond donors (Lipinski definition) is 2. The molecule has 4 heteroatoms. The van der Waals surface area contributed by atoms with E-state index in [2.05, 4.69) is 37.3 Å². The van der Waals surface area contributed by atoms with Gasteiger partial charge in [-0.3, -0.25) is 0 Å². The van der Waals surface area contributed by atoms with Crippen LogP contribution in [0, 0.1) is 18.3 Å². The molecule has 0 aliphatic rings. The molecular formula is C26H23N3O. The van der Waals surface area contributed by atoms with E-state index in [1.54, 1.807) is 12.1 Å². The zero-order valence-corrected chi connectivity index (χ0v) is 16.9. The lowest BCUT2D eigenvalue weighted by atomic mass is 9.97. The minimum absolute atomic E-state index is 0.385. The van der Waals surface area contributed by atoms with Crippen LogP contribution >= 0.6 is 0 Å². The number of rotatable bonds is 5. The maximum atomic E-state index is 8.91. The van der Waals surface area contributed by atoms with E-state index in [9.17, 15) is 0 Å². The van der Waals surface area contributed by atoms with Crippen LogP contribution in [0.15, 0.2) is 72.8 Å². The molecule has 30 heavy (non-hydrogen) atoms. The fraction of sp³-hybridized carbons (Fsp3) is 0.115. The van der Waals surface area contributed by atoms with E-state index in [1.165, 1.54) is 10.9 Å². The predicted octanol–water partition coefficient (Wildman–Crippen LogP) is 5.31. The number of nitriles is 1. The van der Waals surface area contributed by atoms with Crippen molar-refractivity contribution in [3.63, 3.8) is 0 Å². The first-order chi connectivity index (χ1) is 14.6. The number of hydrogen-bond acceptors (Lipinski definition) is 4. The molecule has 4 rings (SSSR count). The van der Waals surface area contributed by atoms with Gasteiger partial charge in [0.15, 0.2) is 0 Å². The quantitative estimate of drug-likeness (QED) is 0.450. The number of anilines is 1. The molecule has 0 unspecified atom stereocenters. The van der Waals surface area contributed by atoms with Crippen molar-refractivity contribution in [3.05, 3.63) is 95.1 Å². The highest BCUT2D eigenvalue weighted by molar-refractivity contribution is 5.92. The molecule has 0 atom stereocenters. The van der Waals surface area contributed by atoms with Gasteiger partial charge in [0.05, 0.1) is 11.6 Å². The minimum Gasteiger partial charge on any atom is -0.489 e. The van der Waals surface area contributed by atoms with Crippen molar-refractivity contribution in [3.8, 4) is 22.9 Å². The molecule has 148 valence electrons. The monoisotopic (exact) mass is 393 g/mol. The average Bonchev–Trinajstić information content (AvgIpc) is 2.77. The fourth-order valence-corrected chi connectivity index (χ4v) is 3.67. The van der Waals surface area contributed by atoms with Gasteiger partial charge in [0.2, 0.25) is 0 Å². The standard InChI is InChI=1S/C26H23N3O/c1-17-10-24(29)13-22-11-20(6-8-25(17)22)21-7-9-26(23(12-21)15-28)30-16-19-4-2-18(14-27)3-5-19/h2-13H,15-16,28-29H2,1H3. The summed E-state index contributed by atoms with van der Waals surface area (Å²) in [6.07, 6.45) is 0. The number of aryl methyl sites for hydroxylation is 1. The summed E-state index contributed by atoms with van der Waals surface area (Å²) in [7, 11) is 0. The van der Waals surface area contributed by atoms with E-state index in [-0.39, 0.29) is 0 Å². The molecular weight excluding hydrogens is 370 g/mol. The van der Waals surface area contributed by atoms with Crippen molar-refractivity contribution in [2.75, 3.05) is 5.73 Å². The van der Waals surface area contributed by atoms with E-state index in [0.717, 1.165) is 39.1 Å². The van der Waals surface area contributed by atoms with Gasteiger partial charge in [-0.1, -0.05) is 30.3 Å². The molecule has 4 aromatic rings. The third-order valence-electron chi connectivity index (χ3n) is 5.27. The molecule has 0 amide bonds. The Morgan fingerprint density at radius 3 is 2.37 bits per heavy atom. The van der Waals surface area contributed by atoms with Gasteiger partial charge in [-0.15, -0.1) is 0 Å². The van der Waals surface area contributed by atoms with Gasteiger partial charge in [0.25, 0.3) is 0 Å². The highest BCUT2D eigenvalue weighted by Gasteiger charge is 2.08. The van der Waals surface area contributed by atoms with E-state index < -0.39 is 0 Å². The molecule has 0 aliphatic carbocycles. The van der Waals surface area contributed by atoms with Crippen LogP contribution in [0.25, 0.3) is 21.9 Å². The lowest BCUT2D eigenvalue weighted by Gasteiger charge is -2.13. The lowest BCUT2D eigenvalue weighted by molar-refractivity contribution is 0.303. The molecule has 4 aromatic carbocycles. The van der Waals surface area contributed by atoms with E-state index in [4.69, 9.17) is 21.5 Å². The van der Waals surface area contributed by atoms with Crippen LogP contribution in [0.1, 0.15) is 22.3 Å². The first-order valence-corrected chi connectivity index (χ1v) is 9.82. The van der Waals surface area contributed by atoms with Crippen LogP contribution in [0.5, 0.6) is 5.75 Å². The van der Waals surface area contributed by atoms with Gasteiger partial charge < -0.3 is 16.2 Å². The first kappa shape index (κ1) is 19.5. The second kappa shape index (κ2) is 8.28. The van der Waals surface area contributed by atoms with Crippen LogP contribution in [-0.2, 0) is 13.2 Å². The first-order valence-electron chi connectivity index (χ1n) is 9.82. The molecule has 4 N–H and O–H groups in total. The second-order valence-corrected chi connectivity index (χ2v) is 7.40. The number of fused-ring (bicyclic) bond motifs is 1. The molecule has 0 aliphatic heterocycles. The Balaban J connectivity index is 1.60. The van der Waals surface area contributed by atoms with Crippen molar-refractivity contribution in [2.45, 2.75) is 20.1 Å². The van der Waals surface area contributed by atoms with Crippen molar-refractivity contribution in [2.24, 2.45) is 5.73 Å². The number of nitrogen functional groups attached to an aromatic ring is 1. The van der Waals surface area contributed by atoms with Gasteiger partial charge in [0, 0.05) is 17.8 Å². The summed E-state index contributed by atoms with van der Waals surface area (Å²) in [5.41, 5.74) is 18.8. The topological polar surface area (TPSA) is 85.1 Å². The summed E-state index contributed by atoms with van der Waals surface area (Å²) >= 11 is 0. The molecule has 0 saturated carbocycles. The normalized spacial score (nSPS) is 10.7. The maximum Gasteiger partial charge on any atom is 0.124 e. The maximum absolute atomic E-state index is 8.91. The number of benzene rings is 4. The Bertz CT molecular complexity index is 1250. The van der Waals surface area contributed by atoms with Gasteiger partial charge in [0.1, 0.15) is 12.4 Å². The van der Waals surface area contributed by atoms with E-state index >= 15 is 0 Å². The highest BCUT2D eigenvalue weighted by Crippen LogP contribution is 2.31. The van der Waals surface area contributed by atoms with Gasteiger partial charge in [-0.2, -0.15) is 5.26 Å². The Kier molecular flexibility index (Phi) is 5.38.